The molecule has 4 heteroatoms. The van der Waals surface area contributed by atoms with Crippen molar-refractivity contribution in [3.8, 4) is 5.88 Å². The molecule has 15 heavy (non-hydrogen) atoms. The number of aromatic nitrogens is 1. The van der Waals surface area contributed by atoms with Crippen molar-refractivity contribution in [1.82, 2.24) is 4.57 Å². The summed E-state index contributed by atoms with van der Waals surface area (Å²) in [5.74, 6) is -0.577. The lowest BCUT2D eigenvalue weighted by Crippen LogP contribution is -2.16. The molecule has 0 amide bonds. The molecule has 0 spiro atoms. The molecule has 3 nitrogen and oxygen atoms in total. The largest absolute Gasteiger partial charge is 0.494 e. The van der Waals surface area contributed by atoms with Gasteiger partial charge in [0, 0.05) is 17.9 Å². The van der Waals surface area contributed by atoms with Crippen LogP contribution in [0.3, 0.4) is 0 Å². The standard InChI is InChI=1S/C11H8FNO2/c12-8-3-6-1-2-9(14)13-10(15)5-7(4-8)11(6)13/h3-5,15H,1-2H2. The van der Waals surface area contributed by atoms with E-state index in [1.165, 1.54) is 22.8 Å². The highest BCUT2D eigenvalue weighted by Gasteiger charge is 2.22. The Hall–Kier alpha value is -1.84. The van der Waals surface area contributed by atoms with Crippen LogP contribution in [0.2, 0.25) is 0 Å². The van der Waals surface area contributed by atoms with Crippen LogP contribution in [0, 0.1) is 5.82 Å². The summed E-state index contributed by atoms with van der Waals surface area (Å²) in [6.07, 6.45) is 0.852. The summed E-state index contributed by atoms with van der Waals surface area (Å²) in [6, 6.07) is 4.17. The molecule has 76 valence electrons. The third kappa shape index (κ3) is 1.02. The van der Waals surface area contributed by atoms with E-state index < -0.39 is 0 Å². The summed E-state index contributed by atoms with van der Waals surface area (Å²) < 4.78 is 14.4. The van der Waals surface area contributed by atoms with Crippen molar-refractivity contribution >= 4 is 16.8 Å². The van der Waals surface area contributed by atoms with Gasteiger partial charge in [0.05, 0.1) is 5.52 Å². The molecule has 0 saturated carbocycles. The van der Waals surface area contributed by atoms with Gasteiger partial charge in [-0.15, -0.1) is 0 Å². The van der Waals surface area contributed by atoms with Crippen LogP contribution < -0.4 is 0 Å². The van der Waals surface area contributed by atoms with Gasteiger partial charge in [0.25, 0.3) is 0 Å². The highest BCUT2D eigenvalue weighted by molar-refractivity contribution is 5.98. The van der Waals surface area contributed by atoms with E-state index in [1.807, 2.05) is 0 Å². The topological polar surface area (TPSA) is 42.2 Å². The third-order valence-electron chi connectivity index (χ3n) is 2.78. The maximum absolute atomic E-state index is 13.2. The number of benzene rings is 1. The molecule has 0 saturated heterocycles. The first-order valence-corrected chi connectivity index (χ1v) is 4.73. The minimum Gasteiger partial charge on any atom is -0.494 e. The Morgan fingerprint density at radius 3 is 2.87 bits per heavy atom. The quantitative estimate of drug-likeness (QED) is 0.715. The van der Waals surface area contributed by atoms with Gasteiger partial charge in [0.1, 0.15) is 5.82 Å². The van der Waals surface area contributed by atoms with Crippen LogP contribution in [-0.2, 0) is 6.42 Å². The molecule has 1 N–H and O–H groups in total. The Morgan fingerprint density at radius 1 is 1.27 bits per heavy atom. The number of carbonyl (C=O) groups is 1. The lowest BCUT2D eigenvalue weighted by molar-refractivity contribution is 0.0894. The highest BCUT2D eigenvalue weighted by Crippen LogP contribution is 2.32. The second-order valence-electron chi connectivity index (χ2n) is 3.73. The molecule has 0 fully saturated rings. The smallest absolute Gasteiger partial charge is 0.234 e. The first-order chi connectivity index (χ1) is 7.16. The summed E-state index contributed by atoms with van der Waals surface area (Å²) in [6.45, 7) is 0. The molecule has 1 aliphatic rings. The molecule has 0 unspecified atom stereocenters. The van der Waals surface area contributed by atoms with Gasteiger partial charge in [-0.05, 0) is 24.1 Å². The van der Waals surface area contributed by atoms with Gasteiger partial charge in [-0.1, -0.05) is 0 Å². The number of hydrogen-bond acceptors (Lipinski definition) is 2. The van der Waals surface area contributed by atoms with Gasteiger partial charge < -0.3 is 5.11 Å². The van der Waals surface area contributed by atoms with Crippen LogP contribution in [0.4, 0.5) is 4.39 Å². The SMILES string of the molecule is O=C1CCc2cc(F)cc3cc(O)n1c23. The predicted octanol–water partition coefficient (Wildman–Crippen LogP) is 2.07. The van der Waals surface area contributed by atoms with Crippen LogP contribution in [0.1, 0.15) is 16.8 Å². The minimum atomic E-state index is -0.330. The second kappa shape index (κ2) is 2.59. The minimum absolute atomic E-state index is 0.110. The van der Waals surface area contributed by atoms with Crippen molar-refractivity contribution in [2.45, 2.75) is 12.8 Å². The van der Waals surface area contributed by atoms with Crippen LogP contribution in [0.15, 0.2) is 18.2 Å². The normalized spacial score (nSPS) is 14.9. The summed E-state index contributed by atoms with van der Waals surface area (Å²) in [5.41, 5.74) is 1.43. The number of halogens is 1. The lowest BCUT2D eigenvalue weighted by atomic mass is 10.0. The number of carbonyl (C=O) groups excluding carboxylic acids is 1. The number of nitrogens with zero attached hydrogens (tertiary/aromatic N) is 1. The zero-order valence-electron chi connectivity index (χ0n) is 7.83. The number of aryl methyl sites for hydroxylation is 1. The first-order valence-electron chi connectivity index (χ1n) is 4.73. The second-order valence-corrected chi connectivity index (χ2v) is 3.73. The molecule has 2 aromatic rings. The van der Waals surface area contributed by atoms with Gasteiger partial charge >= 0.3 is 0 Å². The fraction of sp³-hybridized carbons (Fsp3) is 0.182. The zero-order chi connectivity index (χ0) is 10.6. The molecule has 0 aliphatic carbocycles. The van der Waals surface area contributed by atoms with Gasteiger partial charge in [0.15, 0.2) is 5.88 Å². The number of hydrogen-bond donors (Lipinski definition) is 1. The van der Waals surface area contributed by atoms with Gasteiger partial charge in [0.2, 0.25) is 5.91 Å². The van der Waals surface area contributed by atoms with Crippen molar-refractivity contribution in [2.75, 3.05) is 0 Å². The number of rotatable bonds is 0. The first kappa shape index (κ1) is 8.47. The van der Waals surface area contributed by atoms with E-state index in [1.54, 1.807) is 0 Å². The molecule has 1 aliphatic heterocycles. The molecular weight excluding hydrogens is 197 g/mol. The molecule has 1 aromatic heterocycles. The maximum atomic E-state index is 13.2. The van der Waals surface area contributed by atoms with E-state index in [0.717, 1.165) is 5.56 Å². The van der Waals surface area contributed by atoms with E-state index in [2.05, 4.69) is 0 Å². The summed E-state index contributed by atoms with van der Waals surface area (Å²) in [4.78, 5) is 11.5. The fourth-order valence-corrected chi connectivity index (χ4v) is 2.18. The van der Waals surface area contributed by atoms with E-state index in [-0.39, 0.29) is 17.6 Å². The van der Waals surface area contributed by atoms with Crippen LogP contribution in [0.25, 0.3) is 10.9 Å². The summed E-state index contributed by atoms with van der Waals surface area (Å²) in [7, 11) is 0. The zero-order valence-corrected chi connectivity index (χ0v) is 7.83. The molecule has 0 radical (unpaired) electrons. The Kier molecular flexibility index (Phi) is 1.46. The van der Waals surface area contributed by atoms with Crippen molar-refractivity contribution < 1.29 is 14.3 Å². The van der Waals surface area contributed by atoms with Gasteiger partial charge in [-0.2, -0.15) is 0 Å². The highest BCUT2D eigenvalue weighted by atomic mass is 19.1. The average Bonchev–Trinajstić information content (AvgIpc) is 2.49. The summed E-state index contributed by atoms with van der Waals surface area (Å²) in [5, 5.41) is 10.2. The average molecular weight is 205 g/mol. The van der Waals surface area contributed by atoms with Crippen molar-refractivity contribution in [1.29, 1.82) is 0 Å². The molecule has 3 rings (SSSR count). The Labute approximate surface area is 84.7 Å². The van der Waals surface area contributed by atoms with Gasteiger partial charge in [-0.25, -0.2) is 4.39 Å². The van der Waals surface area contributed by atoms with Crippen molar-refractivity contribution in [3.05, 3.63) is 29.6 Å². The van der Waals surface area contributed by atoms with E-state index in [9.17, 15) is 14.3 Å². The molecule has 0 bridgehead atoms. The van der Waals surface area contributed by atoms with E-state index in [4.69, 9.17) is 0 Å². The number of aromatic hydroxyl groups is 1. The molecular formula is C11H8FNO2. The monoisotopic (exact) mass is 205 g/mol. The van der Waals surface area contributed by atoms with Crippen LogP contribution in [0.5, 0.6) is 5.88 Å². The lowest BCUT2D eigenvalue weighted by Gasteiger charge is -2.14. The fourth-order valence-electron chi connectivity index (χ4n) is 2.18. The Balaban J connectivity index is 2.52. The summed E-state index contributed by atoms with van der Waals surface area (Å²) >= 11 is 0. The van der Waals surface area contributed by atoms with Crippen molar-refractivity contribution in [2.24, 2.45) is 0 Å². The predicted molar refractivity (Wildman–Crippen MR) is 52.5 cm³/mol. The van der Waals surface area contributed by atoms with Gasteiger partial charge in [-0.3, -0.25) is 9.36 Å². The van der Waals surface area contributed by atoms with E-state index in [0.29, 0.717) is 23.7 Å². The third-order valence-corrected chi connectivity index (χ3v) is 2.78. The molecule has 1 aromatic carbocycles. The van der Waals surface area contributed by atoms with Crippen molar-refractivity contribution in [3.63, 3.8) is 0 Å². The molecule has 2 heterocycles. The Bertz CT molecular complexity index is 586. The van der Waals surface area contributed by atoms with Crippen LogP contribution >= 0.6 is 0 Å². The molecule has 0 atom stereocenters. The van der Waals surface area contributed by atoms with Crippen LogP contribution in [-0.4, -0.2) is 15.6 Å². The Morgan fingerprint density at radius 2 is 2.07 bits per heavy atom. The maximum Gasteiger partial charge on any atom is 0.234 e. The van der Waals surface area contributed by atoms with E-state index >= 15 is 0 Å².